The molecule has 212 valence electrons. The summed E-state index contributed by atoms with van der Waals surface area (Å²) in [7, 11) is 0. The first-order valence-electron chi connectivity index (χ1n) is 14.5. The lowest BCUT2D eigenvalue weighted by Crippen LogP contribution is -2.76. The van der Waals surface area contributed by atoms with Gasteiger partial charge in [0.15, 0.2) is 23.4 Å². The molecule has 3 fully saturated rings. The van der Waals surface area contributed by atoms with Gasteiger partial charge in [-0.3, -0.25) is 19.3 Å². The number of rotatable bonds is 7. The van der Waals surface area contributed by atoms with E-state index in [9.17, 15) is 24.6 Å². The number of hydrogen-bond acceptors (Lipinski definition) is 8. The van der Waals surface area contributed by atoms with Crippen molar-refractivity contribution in [3.8, 4) is 11.5 Å². The molecule has 2 aromatic carbocycles. The minimum Gasteiger partial charge on any atom is -0.481 e. The summed E-state index contributed by atoms with van der Waals surface area (Å²) in [6.45, 7) is 1.80. The van der Waals surface area contributed by atoms with Crippen LogP contribution in [0.3, 0.4) is 0 Å². The topological polar surface area (TPSA) is 113 Å². The van der Waals surface area contributed by atoms with Gasteiger partial charge in [0.2, 0.25) is 0 Å². The molecule has 41 heavy (non-hydrogen) atoms. The Morgan fingerprint density at radius 2 is 1.83 bits per heavy atom. The quantitative estimate of drug-likeness (QED) is 0.324. The summed E-state index contributed by atoms with van der Waals surface area (Å²) in [6.07, 6.45) is 3.60. The lowest BCUT2D eigenvalue weighted by Gasteiger charge is -2.62. The molecule has 3 heterocycles. The van der Waals surface area contributed by atoms with Gasteiger partial charge in [-0.15, -0.1) is 11.3 Å². The zero-order valence-electron chi connectivity index (χ0n) is 22.6. The number of esters is 1. The number of hydrogen-bond donors (Lipinski definition) is 2. The van der Waals surface area contributed by atoms with E-state index in [4.69, 9.17) is 9.47 Å². The third kappa shape index (κ3) is 3.61. The lowest BCUT2D eigenvalue weighted by atomic mass is 9.49. The molecule has 2 saturated carbocycles. The Balaban J connectivity index is 1.14. The van der Waals surface area contributed by atoms with Crippen molar-refractivity contribution in [3.05, 3.63) is 57.3 Å². The molecule has 5 aliphatic rings. The van der Waals surface area contributed by atoms with Gasteiger partial charge in [-0.25, -0.2) is 0 Å². The van der Waals surface area contributed by atoms with Crippen LogP contribution in [-0.2, 0) is 39.1 Å². The van der Waals surface area contributed by atoms with Crippen molar-refractivity contribution in [2.75, 3.05) is 13.1 Å². The van der Waals surface area contributed by atoms with Crippen LogP contribution in [0, 0.1) is 5.92 Å². The second-order valence-corrected chi connectivity index (χ2v) is 13.6. The van der Waals surface area contributed by atoms with E-state index in [1.807, 2.05) is 30.3 Å². The van der Waals surface area contributed by atoms with Crippen LogP contribution in [0.25, 0.3) is 10.8 Å². The largest absolute Gasteiger partial charge is 0.481 e. The molecule has 4 atom stereocenters. The second-order valence-electron chi connectivity index (χ2n) is 12.4. The molecule has 3 aromatic rings. The zero-order chi connectivity index (χ0) is 28.1. The highest BCUT2D eigenvalue weighted by Gasteiger charge is 2.73. The third-order valence-electron chi connectivity index (χ3n) is 10.2. The maximum Gasteiger partial charge on any atom is 0.316 e. The number of piperidine rings is 1. The predicted molar refractivity (Wildman–Crippen MR) is 151 cm³/mol. The van der Waals surface area contributed by atoms with Gasteiger partial charge in [0, 0.05) is 34.3 Å². The van der Waals surface area contributed by atoms with E-state index in [1.165, 1.54) is 24.2 Å². The fourth-order valence-electron chi connectivity index (χ4n) is 8.25. The van der Waals surface area contributed by atoms with Gasteiger partial charge in [-0.1, -0.05) is 30.3 Å². The summed E-state index contributed by atoms with van der Waals surface area (Å²) in [4.78, 5) is 41.9. The molecule has 1 aromatic heterocycles. The number of ketones is 1. The van der Waals surface area contributed by atoms with Crippen LogP contribution in [0.5, 0.6) is 11.5 Å². The number of likely N-dealkylation sites (tertiary alicyclic amines) is 1. The molecule has 3 aliphatic carbocycles. The highest BCUT2D eigenvalue weighted by molar-refractivity contribution is 7.14. The molecule has 9 heteroatoms. The summed E-state index contributed by atoms with van der Waals surface area (Å²) in [5.74, 6) is -0.00406. The van der Waals surface area contributed by atoms with Gasteiger partial charge in [0.25, 0.3) is 0 Å². The number of carbonyl (C=O) groups is 3. The number of Topliss-reactive ketones (excluding diaryl/α,β-unsaturated/α-hetero) is 1. The molecule has 2 N–H and O–H groups in total. The summed E-state index contributed by atoms with van der Waals surface area (Å²) >= 11 is 1.32. The number of carboxylic acids is 1. The Morgan fingerprint density at radius 1 is 1.07 bits per heavy atom. The van der Waals surface area contributed by atoms with Crippen LogP contribution in [0.4, 0.5) is 0 Å². The van der Waals surface area contributed by atoms with Gasteiger partial charge in [-0.05, 0) is 67.0 Å². The van der Waals surface area contributed by atoms with Gasteiger partial charge in [-0.2, -0.15) is 0 Å². The van der Waals surface area contributed by atoms with E-state index in [1.54, 1.807) is 6.07 Å². The van der Waals surface area contributed by atoms with Crippen LogP contribution in [0.2, 0.25) is 0 Å². The molecule has 1 spiro atoms. The maximum absolute atomic E-state index is 13.3. The summed E-state index contributed by atoms with van der Waals surface area (Å²) in [5, 5.41) is 23.5. The maximum atomic E-state index is 13.3. The number of nitrogens with zero attached hydrogens (tertiary/aromatic N) is 1. The van der Waals surface area contributed by atoms with E-state index < -0.39 is 29.1 Å². The first kappa shape index (κ1) is 25.4. The number of carbonyl (C=O) groups excluding carboxylic acids is 2. The van der Waals surface area contributed by atoms with Crippen LogP contribution < -0.4 is 9.47 Å². The molecular formula is C32H31NO7S. The molecule has 8 nitrogen and oxygen atoms in total. The first-order valence-corrected chi connectivity index (χ1v) is 15.3. The molecular weight excluding hydrogens is 542 g/mol. The van der Waals surface area contributed by atoms with E-state index in [0.717, 1.165) is 39.9 Å². The molecule has 8 rings (SSSR count). The number of aliphatic hydroxyl groups is 1. The van der Waals surface area contributed by atoms with Crippen molar-refractivity contribution in [1.29, 1.82) is 0 Å². The van der Waals surface area contributed by atoms with E-state index in [0.29, 0.717) is 35.8 Å². The minimum atomic E-state index is -1.07. The van der Waals surface area contributed by atoms with E-state index in [2.05, 4.69) is 4.90 Å². The number of carboxylic acid groups (broad SMARTS) is 1. The Morgan fingerprint density at radius 3 is 2.56 bits per heavy atom. The number of thiophene rings is 1. The zero-order valence-corrected chi connectivity index (χ0v) is 23.4. The van der Waals surface area contributed by atoms with Gasteiger partial charge in [0.1, 0.15) is 0 Å². The number of fused-ring (bicyclic) bond motifs is 1. The Kier molecular flexibility index (Phi) is 5.50. The summed E-state index contributed by atoms with van der Waals surface area (Å²) in [6, 6.07) is 11.2. The van der Waals surface area contributed by atoms with Crippen LogP contribution >= 0.6 is 11.3 Å². The lowest BCUT2D eigenvalue weighted by molar-refractivity contribution is -0.188. The summed E-state index contributed by atoms with van der Waals surface area (Å²) in [5.41, 5.74) is 0.0233. The number of ether oxygens (including phenoxy) is 2. The van der Waals surface area contributed by atoms with Crippen molar-refractivity contribution >= 4 is 39.8 Å². The van der Waals surface area contributed by atoms with Gasteiger partial charge >= 0.3 is 11.9 Å². The molecule has 2 bridgehead atoms. The van der Waals surface area contributed by atoms with Crippen molar-refractivity contribution in [2.45, 2.75) is 74.5 Å². The first-order chi connectivity index (χ1) is 19.8. The average molecular weight is 574 g/mol. The molecule has 0 radical (unpaired) electrons. The van der Waals surface area contributed by atoms with Crippen molar-refractivity contribution in [3.63, 3.8) is 0 Å². The van der Waals surface area contributed by atoms with Crippen LogP contribution in [0.15, 0.2) is 36.4 Å². The smallest absolute Gasteiger partial charge is 0.316 e. The van der Waals surface area contributed by atoms with Crippen LogP contribution in [-0.4, -0.2) is 63.7 Å². The Bertz CT molecular complexity index is 1640. The number of benzene rings is 2. The van der Waals surface area contributed by atoms with Crippen molar-refractivity contribution < 1.29 is 34.1 Å². The Labute approximate surface area is 240 Å². The van der Waals surface area contributed by atoms with E-state index >= 15 is 0 Å². The normalized spacial score (nSPS) is 29.7. The van der Waals surface area contributed by atoms with Crippen LogP contribution in [0.1, 0.15) is 53.0 Å². The van der Waals surface area contributed by atoms with Gasteiger partial charge in [0.05, 0.1) is 23.9 Å². The predicted octanol–water partition coefficient (Wildman–Crippen LogP) is 3.81. The van der Waals surface area contributed by atoms with Crippen molar-refractivity contribution in [2.24, 2.45) is 5.92 Å². The molecule has 1 saturated heterocycles. The standard InChI is InChI=1S/C32H31NO7S/c34-21-9-10-32(38)25-13-18-7-8-22(29-28(18)31(32,30(21)40-29)11-12-33(25)16-17-5-6-17)39-27(37)15-24-20-4-2-1-3-19(20)23(41-24)14-26(35)36/h1-4,7-8,17,25,30,38H,5-6,9-16H2,(H,35,36)/t25-,30+,31+,32-/m1/s1. The minimum absolute atomic E-state index is 0.00131. The Hall–Kier alpha value is -3.27. The summed E-state index contributed by atoms with van der Waals surface area (Å²) < 4.78 is 12.3. The number of aliphatic carboxylic acids is 1. The monoisotopic (exact) mass is 573 g/mol. The molecule has 2 aliphatic heterocycles. The fraction of sp³-hybridized carbons (Fsp3) is 0.469. The average Bonchev–Trinajstić information content (AvgIpc) is 3.60. The highest BCUT2D eigenvalue weighted by Crippen LogP contribution is 2.65. The fourth-order valence-corrected chi connectivity index (χ4v) is 9.51. The van der Waals surface area contributed by atoms with E-state index in [-0.39, 0.29) is 36.8 Å². The third-order valence-corrected chi connectivity index (χ3v) is 11.4. The molecule has 0 amide bonds. The van der Waals surface area contributed by atoms with Gasteiger partial charge < -0.3 is 19.7 Å². The SMILES string of the molecule is O=C(O)Cc1sc(CC(=O)Oc2ccc3c4c2O[C@H]2C(=O)CC[C@@]5(O)[C@@H](C3)N(CC3CC3)CC[C@]425)c2ccccc12. The molecule has 0 unspecified atom stereocenters. The van der Waals surface area contributed by atoms with Crippen molar-refractivity contribution in [1.82, 2.24) is 4.90 Å². The second kappa shape index (κ2) is 8.86. The highest BCUT2D eigenvalue weighted by atomic mass is 32.1.